The molecule has 0 amide bonds. The van der Waals surface area contributed by atoms with Crippen molar-refractivity contribution in [3.05, 3.63) is 0 Å². The van der Waals surface area contributed by atoms with Crippen LogP contribution in [0.4, 0.5) is 0 Å². The van der Waals surface area contributed by atoms with Gasteiger partial charge in [0.2, 0.25) is 0 Å². The Labute approximate surface area is 138 Å². The van der Waals surface area contributed by atoms with Crippen LogP contribution in [0.5, 0.6) is 0 Å². The summed E-state index contributed by atoms with van der Waals surface area (Å²) in [4.78, 5) is 0. The van der Waals surface area contributed by atoms with Gasteiger partial charge < -0.3 is 0 Å². The summed E-state index contributed by atoms with van der Waals surface area (Å²) in [5.74, 6) is 0. The molecule has 22 heavy (non-hydrogen) atoms. The summed E-state index contributed by atoms with van der Waals surface area (Å²) >= 11 is -3.21. The van der Waals surface area contributed by atoms with E-state index >= 15 is 0 Å². The Hall–Kier alpha value is 0.559. The van der Waals surface area contributed by atoms with Crippen LogP contribution in [0.25, 0.3) is 0 Å². The summed E-state index contributed by atoms with van der Waals surface area (Å²) in [6, 6.07) is 0. The standard InChI is InChI=1S/C7H12O6.2C4H9.Sn/c1-12-7-6(11)5(10)4(9)3(2-8)13-7;2*1-3-4-2;/h3-8,11H,2H2,1H3;2*1,3-4H2,2H3;/q-2;;;+2/t3-,4+,5+,6-,7+;;;/m1.../s1. The fourth-order valence-corrected chi connectivity index (χ4v) is 15.0. The summed E-state index contributed by atoms with van der Waals surface area (Å²) < 4.78 is 25.6. The van der Waals surface area contributed by atoms with E-state index in [1.54, 1.807) is 0 Å². The molecule has 0 bridgehead atoms. The molecule has 2 rings (SSSR count). The number of unbranched alkanes of at least 4 members (excludes halogenated alkanes) is 2. The Morgan fingerprint density at radius 3 is 2.14 bits per heavy atom. The van der Waals surface area contributed by atoms with Gasteiger partial charge in [-0.1, -0.05) is 0 Å². The van der Waals surface area contributed by atoms with Gasteiger partial charge in [-0.15, -0.1) is 0 Å². The molecule has 2 fully saturated rings. The summed E-state index contributed by atoms with van der Waals surface area (Å²) in [5, 5.41) is 20.0. The topological polar surface area (TPSA) is 77.4 Å². The van der Waals surface area contributed by atoms with Gasteiger partial charge in [-0.25, -0.2) is 0 Å². The molecule has 5 atom stereocenters. The zero-order valence-electron chi connectivity index (χ0n) is 13.9. The molecule has 0 unspecified atom stereocenters. The van der Waals surface area contributed by atoms with Crippen LogP contribution in [0.3, 0.4) is 0 Å². The molecule has 2 heterocycles. The molecule has 130 valence electrons. The van der Waals surface area contributed by atoms with Gasteiger partial charge in [-0.05, 0) is 0 Å². The molecular weight excluding hydrogens is 395 g/mol. The summed E-state index contributed by atoms with van der Waals surface area (Å²) in [7, 11) is 1.49. The number of hydrogen-bond acceptors (Lipinski definition) is 6. The van der Waals surface area contributed by atoms with E-state index in [1.165, 1.54) is 7.11 Å². The monoisotopic (exact) mass is 426 g/mol. The van der Waals surface area contributed by atoms with E-state index in [-0.39, 0.29) is 12.7 Å². The molecule has 0 radical (unpaired) electrons. The minimum absolute atomic E-state index is 0.152. The molecule has 0 aliphatic carbocycles. The molecule has 0 aromatic carbocycles. The SMILES string of the molecule is CCC[CH2][Sn]1([CH2]CCC)[O][C@@H]2[C@@H](O)[C@@H](OC)O[C@H](CO)[C@@H]2[O]1. The Morgan fingerprint density at radius 1 is 1.05 bits per heavy atom. The van der Waals surface area contributed by atoms with Crippen molar-refractivity contribution in [2.24, 2.45) is 0 Å². The average molecular weight is 425 g/mol. The van der Waals surface area contributed by atoms with E-state index in [9.17, 15) is 10.2 Å². The molecule has 2 N–H and O–H groups in total. The summed E-state index contributed by atoms with van der Waals surface area (Å²) in [5.41, 5.74) is 0. The van der Waals surface area contributed by atoms with Gasteiger partial charge in [0.1, 0.15) is 0 Å². The second-order valence-electron chi connectivity index (χ2n) is 6.23. The van der Waals surface area contributed by atoms with Crippen LogP contribution in [0.2, 0.25) is 8.87 Å². The normalized spacial score (nSPS) is 37.2. The van der Waals surface area contributed by atoms with Crippen molar-refractivity contribution in [3.63, 3.8) is 0 Å². The van der Waals surface area contributed by atoms with E-state index in [0.717, 1.165) is 34.6 Å². The van der Waals surface area contributed by atoms with Gasteiger partial charge in [0.15, 0.2) is 0 Å². The van der Waals surface area contributed by atoms with Crippen LogP contribution in [-0.4, -0.2) is 73.8 Å². The predicted octanol–water partition coefficient (Wildman–Crippen LogP) is 1.54. The number of methoxy groups -OCH3 is 1. The first-order chi connectivity index (χ1) is 10.6. The third-order valence-corrected chi connectivity index (χ3v) is 14.9. The number of rotatable bonds is 8. The Balaban J connectivity index is 2.16. The Bertz CT molecular complexity index is 334. The van der Waals surface area contributed by atoms with Gasteiger partial charge in [0, 0.05) is 0 Å². The first kappa shape index (κ1) is 18.9. The van der Waals surface area contributed by atoms with Crippen molar-refractivity contribution in [1.82, 2.24) is 0 Å². The van der Waals surface area contributed by atoms with Crippen LogP contribution >= 0.6 is 0 Å². The van der Waals surface area contributed by atoms with Crippen LogP contribution in [0.1, 0.15) is 39.5 Å². The molecule has 0 saturated carbocycles. The molecule has 0 aromatic rings. The van der Waals surface area contributed by atoms with Crippen molar-refractivity contribution in [3.8, 4) is 0 Å². The minimum atomic E-state index is -3.21. The third-order valence-electron chi connectivity index (χ3n) is 4.55. The molecule has 2 saturated heterocycles. The molecule has 0 aromatic heterocycles. The van der Waals surface area contributed by atoms with Crippen LogP contribution in [0.15, 0.2) is 0 Å². The fourth-order valence-electron chi connectivity index (χ4n) is 3.29. The van der Waals surface area contributed by atoms with Crippen molar-refractivity contribution in [1.29, 1.82) is 0 Å². The summed E-state index contributed by atoms with van der Waals surface area (Å²) in [6.07, 6.45) is 1.49. The van der Waals surface area contributed by atoms with Gasteiger partial charge >= 0.3 is 138 Å². The Morgan fingerprint density at radius 2 is 1.64 bits per heavy atom. The zero-order chi connectivity index (χ0) is 16.2. The van der Waals surface area contributed by atoms with E-state index in [4.69, 9.17) is 15.6 Å². The predicted molar refractivity (Wildman–Crippen MR) is 83.7 cm³/mol. The van der Waals surface area contributed by atoms with E-state index in [2.05, 4.69) is 13.8 Å². The average Bonchev–Trinajstić information content (AvgIpc) is 2.92. The number of hydrogen-bond donors (Lipinski definition) is 2. The molecule has 2 aliphatic rings. The van der Waals surface area contributed by atoms with Gasteiger partial charge in [0.05, 0.1) is 0 Å². The van der Waals surface area contributed by atoms with Crippen LogP contribution in [-0.2, 0) is 15.6 Å². The van der Waals surface area contributed by atoms with Crippen LogP contribution in [0, 0.1) is 0 Å². The second-order valence-corrected chi connectivity index (χ2v) is 15.6. The van der Waals surface area contributed by atoms with E-state index in [1.807, 2.05) is 0 Å². The molecule has 7 heteroatoms. The number of aliphatic hydroxyl groups is 2. The second kappa shape index (κ2) is 8.60. The van der Waals surface area contributed by atoms with Gasteiger partial charge in [-0.3, -0.25) is 0 Å². The van der Waals surface area contributed by atoms with Gasteiger partial charge in [0.25, 0.3) is 0 Å². The van der Waals surface area contributed by atoms with Gasteiger partial charge in [-0.2, -0.15) is 0 Å². The Kier molecular flexibility index (Phi) is 7.38. The fraction of sp³-hybridized carbons (Fsp3) is 1.00. The maximum atomic E-state index is 10.4. The molecule has 6 nitrogen and oxygen atoms in total. The van der Waals surface area contributed by atoms with Crippen molar-refractivity contribution < 1.29 is 25.8 Å². The van der Waals surface area contributed by atoms with Crippen molar-refractivity contribution in [2.75, 3.05) is 13.7 Å². The number of fused-ring (bicyclic) bond motifs is 1. The number of ether oxygens (including phenoxy) is 2. The van der Waals surface area contributed by atoms with E-state index < -0.39 is 43.8 Å². The zero-order valence-corrected chi connectivity index (χ0v) is 16.7. The first-order valence-electron chi connectivity index (χ1n) is 8.43. The maximum absolute atomic E-state index is 10.4. The quantitative estimate of drug-likeness (QED) is 0.575. The molecule has 2 aliphatic heterocycles. The molecule has 0 spiro atoms. The van der Waals surface area contributed by atoms with Crippen molar-refractivity contribution in [2.45, 2.75) is 79.1 Å². The van der Waals surface area contributed by atoms with E-state index in [0.29, 0.717) is 0 Å². The molecular formula is C15H30O6Sn. The first-order valence-corrected chi connectivity index (χ1v) is 14.8. The number of aliphatic hydroxyl groups excluding tert-OH is 2. The van der Waals surface area contributed by atoms with Crippen LogP contribution < -0.4 is 0 Å². The summed E-state index contributed by atoms with van der Waals surface area (Å²) in [6.45, 7) is 4.17. The third kappa shape index (κ3) is 3.96. The van der Waals surface area contributed by atoms with Crippen molar-refractivity contribution >= 4 is 19.2 Å².